The van der Waals surface area contributed by atoms with Gasteiger partial charge in [-0.05, 0) is 46.0 Å². The number of nitrogens with one attached hydrogen (secondary N) is 1. The van der Waals surface area contributed by atoms with Crippen LogP contribution in [0.1, 0.15) is 20.8 Å². The van der Waals surface area contributed by atoms with Crippen LogP contribution in [0, 0.1) is 0 Å². The summed E-state index contributed by atoms with van der Waals surface area (Å²) in [5.41, 5.74) is 5.69. The summed E-state index contributed by atoms with van der Waals surface area (Å²) in [4.78, 5) is 0.124. The van der Waals surface area contributed by atoms with E-state index in [2.05, 4.69) is 4.72 Å². The lowest BCUT2D eigenvalue weighted by Crippen LogP contribution is -2.24. The zero-order chi connectivity index (χ0) is 13.3. The van der Waals surface area contributed by atoms with Crippen LogP contribution in [0.5, 0.6) is 5.75 Å². The molecule has 0 heterocycles. The molecule has 1 aromatic rings. The first-order chi connectivity index (χ1) is 7.65. The maximum atomic E-state index is 11.5. The number of nitrogen functional groups attached to an aromatic ring is 1. The van der Waals surface area contributed by atoms with Crippen molar-refractivity contribution in [3.63, 3.8) is 0 Å². The Morgan fingerprint density at radius 3 is 2.29 bits per heavy atom. The predicted molar refractivity (Wildman–Crippen MR) is 67.5 cm³/mol. The highest BCUT2D eigenvalue weighted by Crippen LogP contribution is 2.27. The van der Waals surface area contributed by atoms with Crippen LogP contribution in [-0.2, 0) is 10.0 Å². The molecule has 96 valence electrons. The summed E-state index contributed by atoms with van der Waals surface area (Å²) < 4.78 is 30.9. The van der Waals surface area contributed by atoms with E-state index in [-0.39, 0.29) is 10.5 Å². The molecule has 0 unspecified atom stereocenters. The molecule has 0 aliphatic rings. The van der Waals surface area contributed by atoms with E-state index in [4.69, 9.17) is 10.5 Å². The van der Waals surface area contributed by atoms with Crippen molar-refractivity contribution in [2.45, 2.75) is 31.3 Å². The van der Waals surface area contributed by atoms with Crippen molar-refractivity contribution < 1.29 is 13.2 Å². The van der Waals surface area contributed by atoms with E-state index in [1.807, 2.05) is 20.8 Å². The van der Waals surface area contributed by atoms with Crippen LogP contribution in [0.15, 0.2) is 23.1 Å². The van der Waals surface area contributed by atoms with Crippen molar-refractivity contribution in [3.8, 4) is 5.75 Å². The monoisotopic (exact) mass is 258 g/mol. The molecule has 0 radical (unpaired) electrons. The molecule has 0 spiro atoms. The summed E-state index contributed by atoms with van der Waals surface area (Å²) >= 11 is 0. The quantitative estimate of drug-likeness (QED) is 0.802. The predicted octanol–water partition coefficient (Wildman–Crippen LogP) is 1.35. The third-order valence-electron chi connectivity index (χ3n) is 1.98. The maximum absolute atomic E-state index is 11.5. The van der Waals surface area contributed by atoms with Crippen LogP contribution >= 0.6 is 0 Å². The second-order valence-electron chi connectivity index (χ2n) is 4.62. The molecular formula is C11H18N2O3S. The highest BCUT2D eigenvalue weighted by Gasteiger charge is 2.17. The molecule has 0 aromatic heterocycles. The fraction of sp³-hybridized carbons (Fsp3) is 0.455. The number of benzene rings is 1. The van der Waals surface area contributed by atoms with Gasteiger partial charge < -0.3 is 10.5 Å². The van der Waals surface area contributed by atoms with Crippen molar-refractivity contribution in [2.75, 3.05) is 12.8 Å². The van der Waals surface area contributed by atoms with Crippen molar-refractivity contribution in [1.82, 2.24) is 4.72 Å². The van der Waals surface area contributed by atoms with Gasteiger partial charge in [0.1, 0.15) is 11.4 Å². The Labute approximate surface area is 102 Å². The summed E-state index contributed by atoms with van der Waals surface area (Å²) in [6.07, 6.45) is 0. The molecule has 0 fully saturated rings. The minimum absolute atomic E-state index is 0.124. The summed E-state index contributed by atoms with van der Waals surface area (Å²) in [6, 6.07) is 4.40. The molecule has 0 saturated heterocycles. The third-order valence-corrected chi connectivity index (χ3v) is 3.39. The smallest absolute Gasteiger partial charge is 0.240 e. The van der Waals surface area contributed by atoms with Gasteiger partial charge in [0.2, 0.25) is 10.0 Å². The molecule has 1 aromatic carbocycles. The normalized spacial score (nSPS) is 12.5. The van der Waals surface area contributed by atoms with E-state index in [9.17, 15) is 8.42 Å². The van der Waals surface area contributed by atoms with E-state index in [1.165, 1.54) is 19.2 Å². The van der Waals surface area contributed by atoms with Crippen molar-refractivity contribution in [2.24, 2.45) is 0 Å². The number of sulfonamides is 1. The first-order valence-corrected chi connectivity index (χ1v) is 6.66. The fourth-order valence-electron chi connectivity index (χ4n) is 1.23. The molecule has 0 aliphatic heterocycles. The Kier molecular flexibility index (Phi) is 3.68. The van der Waals surface area contributed by atoms with E-state index < -0.39 is 10.0 Å². The van der Waals surface area contributed by atoms with Crippen molar-refractivity contribution in [1.29, 1.82) is 0 Å². The summed E-state index contributed by atoms with van der Waals surface area (Å²) in [5.74, 6) is 0.479. The number of hydrogen-bond donors (Lipinski definition) is 2. The highest BCUT2D eigenvalue weighted by molar-refractivity contribution is 7.89. The molecule has 0 atom stereocenters. The lowest BCUT2D eigenvalue weighted by molar-refractivity contribution is 0.132. The van der Waals surface area contributed by atoms with E-state index in [0.29, 0.717) is 11.4 Å². The molecule has 0 saturated carbocycles. The Bertz CT molecular complexity index is 504. The Hall–Kier alpha value is -1.27. The molecule has 3 N–H and O–H groups in total. The molecule has 0 aliphatic carbocycles. The summed E-state index contributed by atoms with van der Waals surface area (Å²) in [6.45, 7) is 5.68. The van der Waals surface area contributed by atoms with Crippen LogP contribution < -0.4 is 15.2 Å². The van der Waals surface area contributed by atoms with Gasteiger partial charge >= 0.3 is 0 Å². The topological polar surface area (TPSA) is 81.4 Å². The van der Waals surface area contributed by atoms with Crippen LogP contribution in [0.4, 0.5) is 5.69 Å². The number of anilines is 1. The zero-order valence-corrected chi connectivity index (χ0v) is 11.3. The summed E-state index contributed by atoms with van der Waals surface area (Å²) in [5, 5.41) is 0. The fourth-order valence-corrected chi connectivity index (χ4v) is 2.00. The van der Waals surface area contributed by atoms with Crippen LogP contribution in [0.25, 0.3) is 0 Å². The lowest BCUT2D eigenvalue weighted by atomic mass is 10.2. The number of nitrogens with two attached hydrogens (primary N) is 1. The largest absolute Gasteiger partial charge is 0.486 e. The number of hydrogen-bond acceptors (Lipinski definition) is 4. The van der Waals surface area contributed by atoms with Gasteiger partial charge in [0.25, 0.3) is 0 Å². The van der Waals surface area contributed by atoms with Crippen LogP contribution in [0.2, 0.25) is 0 Å². The Balaban J connectivity index is 3.11. The van der Waals surface area contributed by atoms with Gasteiger partial charge in [0, 0.05) is 0 Å². The number of ether oxygens (including phenoxy) is 1. The van der Waals surface area contributed by atoms with Gasteiger partial charge in [-0.1, -0.05) is 0 Å². The van der Waals surface area contributed by atoms with Gasteiger partial charge in [-0.15, -0.1) is 0 Å². The lowest BCUT2D eigenvalue weighted by Gasteiger charge is -2.22. The van der Waals surface area contributed by atoms with Crippen molar-refractivity contribution in [3.05, 3.63) is 18.2 Å². The Morgan fingerprint density at radius 1 is 1.29 bits per heavy atom. The van der Waals surface area contributed by atoms with Gasteiger partial charge in [-0.3, -0.25) is 0 Å². The van der Waals surface area contributed by atoms with E-state index >= 15 is 0 Å². The minimum Gasteiger partial charge on any atom is -0.486 e. The Morgan fingerprint density at radius 2 is 1.88 bits per heavy atom. The van der Waals surface area contributed by atoms with Gasteiger partial charge in [0.15, 0.2) is 0 Å². The second kappa shape index (κ2) is 4.54. The average Bonchev–Trinajstić information content (AvgIpc) is 2.19. The van der Waals surface area contributed by atoms with E-state index in [0.717, 1.165) is 0 Å². The molecule has 5 nitrogen and oxygen atoms in total. The summed E-state index contributed by atoms with van der Waals surface area (Å²) in [7, 11) is -2.11. The van der Waals surface area contributed by atoms with Crippen LogP contribution in [0.3, 0.4) is 0 Å². The third kappa shape index (κ3) is 3.61. The van der Waals surface area contributed by atoms with E-state index in [1.54, 1.807) is 6.07 Å². The van der Waals surface area contributed by atoms with Crippen molar-refractivity contribution >= 4 is 15.7 Å². The van der Waals surface area contributed by atoms with Gasteiger partial charge in [-0.2, -0.15) is 0 Å². The molecule has 17 heavy (non-hydrogen) atoms. The molecule has 0 amide bonds. The minimum atomic E-state index is -3.47. The number of rotatable bonds is 3. The first kappa shape index (κ1) is 13.8. The average molecular weight is 258 g/mol. The highest BCUT2D eigenvalue weighted by atomic mass is 32.2. The molecular weight excluding hydrogens is 240 g/mol. The SMILES string of the molecule is CNS(=O)(=O)c1ccc(OC(C)(C)C)c(N)c1. The first-order valence-electron chi connectivity index (χ1n) is 5.18. The van der Waals surface area contributed by atoms with Crippen LogP contribution in [-0.4, -0.2) is 21.1 Å². The maximum Gasteiger partial charge on any atom is 0.240 e. The molecule has 0 bridgehead atoms. The zero-order valence-electron chi connectivity index (χ0n) is 10.4. The molecule has 1 rings (SSSR count). The van der Waals surface area contributed by atoms with Gasteiger partial charge in [0.05, 0.1) is 10.6 Å². The molecule has 6 heteroatoms. The second-order valence-corrected chi connectivity index (χ2v) is 6.51. The standard InChI is InChI=1S/C11H18N2O3S/c1-11(2,3)16-10-6-5-8(7-9(10)12)17(14,15)13-4/h5-7,13H,12H2,1-4H3. The van der Waals surface area contributed by atoms with Gasteiger partial charge in [-0.25, -0.2) is 13.1 Å².